The summed E-state index contributed by atoms with van der Waals surface area (Å²) in [5.41, 5.74) is -0.556. The van der Waals surface area contributed by atoms with Crippen molar-refractivity contribution in [3.05, 3.63) is 0 Å². The molecule has 0 radical (unpaired) electrons. The van der Waals surface area contributed by atoms with E-state index in [4.69, 9.17) is 5.11 Å². The van der Waals surface area contributed by atoms with Crippen molar-refractivity contribution in [1.29, 1.82) is 0 Å². The van der Waals surface area contributed by atoms with Crippen molar-refractivity contribution < 1.29 is 9.90 Å². The standard InChI is InChI=1S/C9H15NO2/c1-6-5-7-3-2-4-9(7,10-6)8(11)12/h6-7,10H,2-5H2,1H3,(H,11,12)/t6-,7-,9-/m1/s1. The van der Waals surface area contributed by atoms with Crippen LogP contribution in [0.15, 0.2) is 0 Å². The fourth-order valence-electron chi connectivity index (χ4n) is 2.86. The third-order valence-corrected chi connectivity index (χ3v) is 3.34. The van der Waals surface area contributed by atoms with Gasteiger partial charge in [0, 0.05) is 6.04 Å². The van der Waals surface area contributed by atoms with Crippen molar-refractivity contribution in [2.24, 2.45) is 5.92 Å². The molecule has 2 N–H and O–H groups in total. The Morgan fingerprint density at radius 1 is 1.67 bits per heavy atom. The lowest BCUT2D eigenvalue weighted by molar-refractivity contribution is -0.145. The van der Waals surface area contributed by atoms with Gasteiger partial charge in [0.05, 0.1) is 0 Å². The van der Waals surface area contributed by atoms with Crippen molar-refractivity contribution in [1.82, 2.24) is 5.32 Å². The molecule has 2 aliphatic rings. The van der Waals surface area contributed by atoms with Crippen LogP contribution in [0.5, 0.6) is 0 Å². The lowest BCUT2D eigenvalue weighted by Gasteiger charge is -2.24. The van der Waals surface area contributed by atoms with Crippen LogP contribution in [-0.2, 0) is 4.79 Å². The van der Waals surface area contributed by atoms with Crippen LogP contribution in [0.2, 0.25) is 0 Å². The van der Waals surface area contributed by atoms with Crippen molar-refractivity contribution in [3.63, 3.8) is 0 Å². The predicted octanol–water partition coefficient (Wildman–Crippen LogP) is 0.992. The Balaban J connectivity index is 2.26. The molecule has 0 aromatic carbocycles. The highest BCUT2D eigenvalue weighted by Crippen LogP contribution is 2.43. The van der Waals surface area contributed by atoms with Gasteiger partial charge in [0.25, 0.3) is 0 Å². The first-order valence-corrected chi connectivity index (χ1v) is 4.66. The minimum atomic E-state index is -0.644. The number of nitrogens with one attached hydrogen (secondary N) is 1. The summed E-state index contributed by atoms with van der Waals surface area (Å²) >= 11 is 0. The zero-order valence-electron chi connectivity index (χ0n) is 7.34. The summed E-state index contributed by atoms with van der Waals surface area (Å²) in [6.45, 7) is 2.07. The fraction of sp³-hybridized carbons (Fsp3) is 0.889. The minimum Gasteiger partial charge on any atom is -0.480 e. The molecule has 3 heteroatoms. The van der Waals surface area contributed by atoms with E-state index in [0.29, 0.717) is 12.0 Å². The number of hydrogen-bond donors (Lipinski definition) is 2. The largest absolute Gasteiger partial charge is 0.480 e. The van der Waals surface area contributed by atoms with Gasteiger partial charge in [-0.25, -0.2) is 0 Å². The minimum absolute atomic E-state index is 0.380. The van der Waals surface area contributed by atoms with E-state index in [1.807, 2.05) is 0 Å². The van der Waals surface area contributed by atoms with Gasteiger partial charge < -0.3 is 5.11 Å². The number of aliphatic carboxylic acids is 1. The highest BCUT2D eigenvalue weighted by Gasteiger charge is 2.53. The monoisotopic (exact) mass is 169 g/mol. The Kier molecular flexibility index (Phi) is 1.65. The molecule has 0 unspecified atom stereocenters. The summed E-state index contributed by atoms with van der Waals surface area (Å²) in [7, 11) is 0. The van der Waals surface area contributed by atoms with Crippen LogP contribution in [0.4, 0.5) is 0 Å². The second-order valence-electron chi connectivity index (χ2n) is 4.15. The molecule has 1 heterocycles. The molecule has 2 fully saturated rings. The Morgan fingerprint density at radius 3 is 3.00 bits per heavy atom. The molecule has 0 bridgehead atoms. The van der Waals surface area contributed by atoms with Crippen LogP contribution >= 0.6 is 0 Å². The fourth-order valence-corrected chi connectivity index (χ4v) is 2.86. The maximum Gasteiger partial charge on any atom is 0.324 e. The predicted molar refractivity (Wildman–Crippen MR) is 44.9 cm³/mol. The smallest absolute Gasteiger partial charge is 0.324 e. The first-order chi connectivity index (χ1) is 5.65. The molecule has 68 valence electrons. The summed E-state index contributed by atoms with van der Waals surface area (Å²) < 4.78 is 0. The summed E-state index contributed by atoms with van der Waals surface area (Å²) in [5, 5.41) is 12.4. The quantitative estimate of drug-likeness (QED) is 0.615. The lowest BCUT2D eigenvalue weighted by atomic mass is 9.89. The van der Waals surface area contributed by atoms with Gasteiger partial charge >= 0.3 is 5.97 Å². The topological polar surface area (TPSA) is 49.3 Å². The molecular weight excluding hydrogens is 154 g/mol. The summed E-state index contributed by atoms with van der Waals surface area (Å²) in [6, 6.07) is 0.381. The molecule has 0 aromatic heterocycles. The molecular formula is C9H15NO2. The zero-order chi connectivity index (χ0) is 8.77. The molecule has 0 amide bonds. The highest BCUT2D eigenvalue weighted by molar-refractivity contribution is 5.80. The van der Waals surface area contributed by atoms with Crippen LogP contribution in [0.3, 0.4) is 0 Å². The maximum absolute atomic E-state index is 11.1. The Morgan fingerprint density at radius 2 is 2.42 bits per heavy atom. The van der Waals surface area contributed by atoms with Crippen molar-refractivity contribution in [2.75, 3.05) is 0 Å². The maximum atomic E-state index is 11.1. The third kappa shape index (κ3) is 0.891. The van der Waals surface area contributed by atoms with E-state index in [-0.39, 0.29) is 0 Å². The van der Waals surface area contributed by atoms with Gasteiger partial charge in [0.15, 0.2) is 0 Å². The lowest BCUT2D eigenvalue weighted by Crippen LogP contribution is -2.50. The van der Waals surface area contributed by atoms with Crippen LogP contribution in [0, 0.1) is 5.92 Å². The van der Waals surface area contributed by atoms with E-state index >= 15 is 0 Å². The van der Waals surface area contributed by atoms with E-state index in [2.05, 4.69) is 12.2 Å². The van der Waals surface area contributed by atoms with Crippen molar-refractivity contribution in [2.45, 2.75) is 44.2 Å². The van der Waals surface area contributed by atoms with Gasteiger partial charge in [0.1, 0.15) is 5.54 Å². The number of fused-ring (bicyclic) bond motifs is 1. The van der Waals surface area contributed by atoms with Gasteiger partial charge in [-0.3, -0.25) is 10.1 Å². The molecule has 1 saturated carbocycles. The SMILES string of the molecule is C[C@@H]1C[C@H]2CCC[C@@]2(C(=O)O)N1. The van der Waals surface area contributed by atoms with E-state index in [9.17, 15) is 4.79 Å². The molecule has 1 aliphatic heterocycles. The Hall–Kier alpha value is -0.570. The second-order valence-corrected chi connectivity index (χ2v) is 4.15. The highest BCUT2D eigenvalue weighted by atomic mass is 16.4. The Bertz CT molecular complexity index is 217. The number of carboxylic acids is 1. The first kappa shape index (κ1) is 8.05. The summed E-state index contributed by atoms with van der Waals surface area (Å²) in [6.07, 6.45) is 4.00. The third-order valence-electron chi connectivity index (χ3n) is 3.34. The number of carboxylic acid groups (broad SMARTS) is 1. The molecule has 1 aliphatic carbocycles. The van der Waals surface area contributed by atoms with Gasteiger partial charge in [0.2, 0.25) is 0 Å². The van der Waals surface area contributed by atoms with Gasteiger partial charge in [-0.05, 0) is 32.1 Å². The molecule has 1 saturated heterocycles. The average Bonchev–Trinajstić information content (AvgIpc) is 2.42. The van der Waals surface area contributed by atoms with Crippen LogP contribution in [-0.4, -0.2) is 22.7 Å². The second kappa shape index (κ2) is 2.46. The van der Waals surface area contributed by atoms with E-state index in [1.165, 1.54) is 0 Å². The number of rotatable bonds is 1. The number of hydrogen-bond acceptors (Lipinski definition) is 2. The van der Waals surface area contributed by atoms with Crippen molar-refractivity contribution in [3.8, 4) is 0 Å². The molecule has 0 spiro atoms. The van der Waals surface area contributed by atoms with E-state index in [1.54, 1.807) is 0 Å². The average molecular weight is 169 g/mol. The molecule has 0 aromatic rings. The molecule has 12 heavy (non-hydrogen) atoms. The molecule has 2 rings (SSSR count). The molecule has 3 atom stereocenters. The Labute approximate surface area is 72.2 Å². The first-order valence-electron chi connectivity index (χ1n) is 4.66. The van der Waals surface area contributed by atoms with Crippen LogP contribution < -0.4 is 5.32 Å². The molecule has 3 nitrogen and oxygen atoms in total. The summed E-state index contributed by atoms with van der Waals surface area (Å²) in [4.78, 5) is 11.1. The van der Waals surface area contributed by atoms with Gasteiger partial charge in [-0.2, -0.15) is 0 Å². The van der Waals surface area contributed by atoms with Crippen LogP contribution in [0.25, 0.3) is 0 Å². The van der Waals surface area contributed by atoms with Gasteiger partial charge in [-0.1, -0.05) is 6.42 Å². The van der Waals surface area contributed by atoms with E-state index < -0.39 is 11.5 Å². The van der Waals surface area contributed by atoms with E-state index in [0.717, 1.165) is 25.7 Å². The number of carbonyl (C=O) groups is 1. The normalized spacial score (nSPS) is 46.1. The van der Waals surface area contributed by atoms with Gasteiger partial charge in [-0.15, -0.1) is 0 Å². The van der Waals surface area contributed by atoms with Crippen LogP contribution in [0.1, 0.15) is 32.6 Å². The van der Waals surface area contributed by atoms with Crippen molar-refractivity contribution >= 4 is 5.97 Å². The zero-order valence-corrected chi connectivity index (χ0v) is 7.34. The summed E-state index contributed by atoms with van der Waals surface area (Å²) in [5.74, 6) is -0.264.